The summed E-state index contributed by atoms with van der Waals surface area (Å²) in [4.78, 5) is 12.4. The minimum atomic E-state index is 0.136. The molecule has 0 atom stereocenters. The van der Waals surface area contributed by atoms with Gasteiger partial charge in [-0.05, 0) is 36.4 Å². The molecule has 108 valence electrons. The highest BCUT2D eigenvalue weighted by Gasteiger charge is 2.24. The van der Waals surface area contributed by atoms with E-state index >= 15 is 0 Å². The molecule has 0 amide bonds. The quantitative estimate of drug-likeness (QED) is 0.637. The molecule has 0 saturated heterocycles. The van der Waals surface area contributed by atoms with E-state index in [0.717, 1.165) is 30.1 Å². The number of nitrogens with zero attached hydrogens (tertiary/aromatic N) is 2. The molecule has 1 aliphatic heterocycles. The number of benzene rings is 1. The van der Waals surface area contributed by atoms with Crippen LogP contribution in [0.15, 0.2) is 42.6 Å². The van der Waals surface area contributed by atoms with E-state index in [1.807, 2.05) is 30.3 Å². The molecule has 21 heavy (non-hydrogen) atoms. The maximum absolute atomic E-state index is 12.4. The van der Waals surface area contributed by atoms with E-state index in [-0.39, 0.29) is 5.78 Å². The number of carbonyl (C=O) groups is 1. The average molecular weight is 283 g/mol. The zero-order chi connectivity index (χ0) is 14.8. The molecule has 0 radical (unpaired) electrons. The first-order chi connectivity index (χ1) is 10.2. The lowest BCUT2D eigenvalue weighted by atomic mass is 10.1. The Hall–Kier alpha value is -2.36. The van der Waals surface area contributed by atoms with E-state index in [1.54, 1.807) is 7.11 Å². The van der Waals surface area contributed by atoms with Crippen molar-refractivity contribution in [3.8, 4) is 5.75 Å². The van der Waals surface area contributed by atoms with Gasteiger partial charge in [0.2, 0.25) is 12.3 Å². The van der Waals surface area contributed by atoms with Crippen molar-refractivity contribution in [1.82, 2.24) is 4.57 Å². The van der Waals surface area contributed by atoms with Crippen molar-refractivity contribution in [1.29, 1.82) is 0 Å². The molecule has 0 N–H and O–H groups in total. The van der Waals surface area contributed by atoms with Gasteiger partial charge in [0.1, 0.15) is 11.4 Å². The molecule has 2 aromatic rings. The second-order valence-electron chi connectivity index (χ2n) is 5.25. The summed E-state index contributed by atoms with van der Waals surface area (Å²) in [5.41, 5.74) is 3.08. The average Bonchev–Trinajstić information content (AvgIpc) is 2.99. The Morgan fingerprint density at radius 1 is 1.29 bits per heavy atom. The Morgan fingerprint density at radius 2 is 2.05 bits per heavy atom. The van der Waals surface area contributed by atoms with Gasteiger partial charge in [0.05, 0.1) is 13.7 Å². The third kappa shape index (κ3) is 2.61. The molecule has 3 rings (SSSR count). The normalized spacial score (nSPS) is 14.0. The van der Waals surface area contributed by atoms with Gasteiger partial charge in [-0.1, -0.05) is 0 Å². The van der Waals surface area contributed by atoms with Gasteiger partial charge in [0.15, 0.2) is 12.3 Å². The Labute approximate surface area is 124 Å². The summed E-state index contributed by atoms with van der Waals surface area (Å²) in [7, 11) is 1.62. The molecule has 1 aromatic heterocycles. The SMILES string of the molecule is COc1ccc(C(=O)C[N+]2=C(C)c3cccn3CC2)cc1. The van der Waals surface area contributed by atoms with Crippen LogP contribution in [-0.4, -0.2) is 40.8 Å². The predicted octanol–water partition coefficient (Wildman–Crippen LogP) is 2.21. The second-order valence-corrected chi connectivity index (χ2v) is 5.25. The molecule has 2 heterocycles. The first-order valence-electron chi connectivity index (χ1n) is 7.10. The van der Waals surface area contributed by atoms with Gasteiger partial charge < -0.3 is 9.30 Å². The maximum atomic E-state index is 12.4. The smallest absolute Gasteiger partial charge is 0.227 e. The lowest BCUT2D eigenvalue weighted by Gasteiger charge is -2.15. The Kier molecular flexibility index (Phi) is 3.60. The predicted molar refractivity (Wildman–Crippen MR) is 81.5 cm³/mol. The van der Waals surface area contributed by atoms with E-state index < -0.39 is 0 Å². The topological polar surface area (TPSA) is 34.2 Å². The van der Waals surface area contributed by atoms with Crippen LogP contribution in [0.3, 0.4) is 0 Å². The summed E-state index contributed by atoms with van der Waals surface area (Å²) in [6.07, 6.45) is 2.08. The summed E-state index contributed by atoms with van der Waals surface area (Å²) in [5.74, 6) is 0.905. The standard InChI is InChI=1S/C17H19N2O2/c1-13-16-4-3-9-18(16)10-11-19(13)12-17(20)14-5-7-15(21-2)8-6-14/h3-9H,10-12H2,1-2H3/q+1. The van der Waals surface area contributed by atoms with Crippen LogP contribution in [0.5, 0.6) is 5.75 Å². The van der Waals surface area contributed by atoms with E-state index in [1.165, 1.54) is 5.69 Å². The Morgan fingerprint density at radius 3 is 2.76 bits per heavy atom. The molecule has 1 aliphatic rings. The van der Waals surface area contributed by atoms with Crippen LogP contribution >= 0.6 is 0 Å². The number of rotatable bonds is 4. The lowest BCUT2D eigenvalue weighted by Crippen LogP contribution is -2.34. The highest BCUT2D eigenvalue weighted by Crippen LogP contribution is 2.13. The number of aromatic nitrogens is 1. The first kappa shape index (κ1) is 13.6. The van der Waals surface area contributed by atoms with Crippen LogP contribution in [0.4, 0.5) is 0 Å². The number of Topliss-reactive ketones (excluding diaryl/α,β-unsaturated/α-hetero) is 1. The van der Waals surface area contributed by atoms with Gasteiger partial charge >= 0.3 is 0 Å². The van der Waals surface area contributed by atoms with Crippen LogP contribution in [0.1, 0.15) is 23.0 Å². The largest absolute Gasteiger partial charge is 0.497 e. The number of fused-ring (bicyclic) bond motifs is 1. The summed E-state index contributed by atoms with van der Waals surface area (Å²) >= 11 is 0. The van der Waals surface area contributed by atoms with Gasteiger partial charge in [-0.3, -0.25) is 4.79 Å². The Bertz CT molecular complexity index is 696. The Balaban J connectivity index is 1.80. The van der Waals surface area contributed by atoms with Crippen LogP contribution in [0.2, 0.25) is 0 Å². The zero-order valence-electron chi connectivity index (χ0n) is 12.4. The van der Waals surface area contributed by atoms with Crippen molar-refractivity contribution in [3.63, 3.8) is 0 Å². The highest BCUT2D eigenvalue weighted by atomic mass is 16.5. The highest BCUT2D eigenvalue weighted by molar-refractivity contribution is 5.99. The van der Waals surface area contributed by atoms with Crippen LogP contribution in [-0.2, 0) is 6.54 Å². The van der Waals surface area contributed by atoms with Gasteiger partial charge in [0.25, 0.3) is 0 Å². The molecule has 0 fully saturated rings. The maximum Gasteiger partial charge on any atom is 0.227 e. The van der Waals surface area contributed by atoms with Gasteiger partial charge in [-0.2, -0.15) is 0 Å². The summed E-state index contributed by atoms with van der Waals surface area (Å²) < 4.78 is 9.50. The molecular formula is C17H19N2O2+. The molecular weight excluding hydrogens is 264 g/mol. The van der Waals surface area contributed by atoms with Crippen molar-refractivity contribution in [2.24, 2.45) is 0 Å². The van der Waals surface area contributed by atoms with E-state index in [9.17, 15) is 4.79 Å². The molecule has 0 unspecified atom stereocenters. The molecule has 4 heteroatoms. The number of carbonyl (C=O) groups excluding carboxylic acids is 1. The van der Waals surface area contributed by atoms with Crippen LogP contribution in [0.25, 0.3) is 0 Å². The fourth-order valence-electron chi connectivity index (χ4n) is 2.73. The van der Waals surface area contributed by atoms with Gasteiger partial charge in [0, 0.05) is 18.7 Å². The molecule has 0 aliphatic carbocycles. The fourth-order valence-corrected chi connectivity index (χ4v) is 2.73. The number of methoxy groups -OCH3 is 1. The lowest BCUT2D eigenvalue weighted by molar-refractivity contribution is -0.518. The third-order valence-electron chi connectivity index (χ3n) is 4.03. The van der Waals surface area contributed by atoms with Crippen molar-refractivity contribution >= 4 is 11.5 Å². The molecule has 1 aromatic carbocycles. The van der Waals surface area contributed by atoms with Crippen LogP contribution < -0.4 is 4.74 Å². The van der Waals surface area contributed by atoms with E-state index in [2.05, 4.69) is 28.3 Å². The summed E-state index contributed by atoms with van der Waals surface area (Å²) in [5, 5.41) is 0. The van der Waals surface area contributed by atoms with Crippen molar-refractivity contribution in [2.45, 2.75) is 13.5 Å². The first-order valence-corrected chi connectivity index (χ1v) is 7.10. The third-order valence-corrected chi connectivity index (χ3v) is 4.03. The molecule has 0 bridgehead atoms. The zero-order valence-corrected chi connectivity index (χ0v) is 12.4. The minimum absolute atomic E-state index is 0.136. The number of hydrogen-bond acceptors (Lipinski definition) is 2. The van der Waals surface area contributed by atoms with Crippen LogP contribution in [0, 0.1) is 0 Å². The number of ketones is 1. The molecule has 0 saturated carbocycles. The molecule has 4 nitrogen and oxygen atoms in total. The monoisotopic (exact) mass is 283 g/mol. The van der Waals surface area contributed by atoms with Crippen molar-refractivity contribution < 1.29 is 14.1 Å². The second kappa shape index (κ2) is 5.56. The van der Waals surface area contributed by atoms with E-state index in [0.29, 0.717) is 6.54 Å². The summed E-state index contributed by atoms with van der Waals surface area (Å²) in [6.45, 7) is 4.29. The minimum Gasteiger partial charge on any atom is -0.497 e. The summed E-state index contributed by atoms with van der Waals surface area (Å²) in [6, 6.07) is 11.4. The number of hydrogen-bond donors (Lipinski definition) is 0. The van der Waals surface area contributed by atoms with Crippen molar-refractivity contribution in [2.75, 3.05) is 20.2 Å². The number of ether oxygens (including phenoxy) is 1. The van der Waals surface area contributed by atoms with Gasteiger partial charge in [-0.25, -0.2) is 4.58 Å². The fraction of sp³-hybridized carbons (Fsp3) is 0.294. The van der Waals surface area contributed by atoms with Gasteiger partial charge in [-0.15, -0.1) is 0 Å². The van der Waals surface area contributed by atoms with E-state index in [4.69, 9.17) is 4.74 Å². The van der Waals surface area contributed by atoms with Crippen molar-refractivity contribution in [3.05, 3.63) is 53.9 Å². The molecule has 0 spiro atoms.